The van der Waals surface area contributed by atoms with Crippen molar-refractivity contribution in [3.8, 4) is 0 Å². The number of carbonyl (C=O) groups is 1. The van der Waals surface area contributed by atoms with Crippen LogP contribution < -0.4 is 4.90 Å². The molecule has 0 aliphatic carbocycles. The van der Waals surface area contributed by atoms with Crippen LogP contribution in [0, 0.1) is 12.8 Å². The topological polar surface area (TPSA) is 53.0 Å². The highest BCUT2D eigenvalue weighted by molar-refractivity contribution is 5.69. The molecule has 2 rings (SSSR count). The van der Waals surface area contributed by atoms with E-state index in [1.807, 2.05) is 41.5 Å². The van der Waals surface area contributed by atoms with Gasteiger partial charge < -0.3 is 19.6 Å². The highest BCUT2D eigenvalue weighted by atomic mass is 16.6. The number of amides is 1. The van der Waals surface area contributed by atoms with E-state index in [-0.39, 0.29) is 12.0 Å². The lowest BCUT2D eigenvalue weighted by Gasteiger charge is -2.38. The van der Waals surface area contributed by atoms with Gasteiger partial charge in [0.05, 0.1) is 6.10 Å². The second-order valence-electron chi connectivity index (χ2n) is 8.21. The minimum Gasteiger partial charge on any atom is -0.444 e. The van der Waals surface area contributed by atoms with Gasteiger partial charge in [-0.05, 0) is 39.7 Å². The molecule has 0 spiro atoms. The first kappa shape index (κ1) is 19.6. The van der Waals surface area contributed by atoms with E-state index in [1.54, 1.807) is 4.90 Å². The summed E-state index contributed by atoms with van der Waals surface area (Å²) in [6, 6.07) is 6.23. The maximum Gasteiger partial charge on any atom is 0.410 e. The van der Waals surface area contributed by atoms with Crippen LogP contribution in [0.25, 0.3) is 0 Å². The van der Waals surface area contributed by atoms with Crippen LogP contribution in [0.4, 0.5) is 10.5 Å². The Morgan fingerprint density at radius 1 is 1.16 bits per heavy atom. The molecule has 1 aliphatic rings. The van der Waals surface area contributed by atoms with Gasteiger partial charge in [-0.2, -0.15) is 0 Å². The van der Waals surface area contributed by atoms with E-state index in [2.05, 4.69) is 23.1 Å². The fraction of sp³-hybridized carbons (Fsp3) is 0.650. The molecule has 1 atom stereocenters. The molecule has 1 saturated heterocycles. The molecule has 25 heavy (non-hydrogen) atoms. The minimum atomic E-state index is -0.487. The van der Waals surface area contributed by atoms with Crippen LogP contribution in [0.15, 0.2) is 18.2 Å². The Balaban J connectivity index is 2.09. The van der Waals surface area contributed by atoms with Gasteiger partial charge in [-0.15, -0.1) is 0 Å². The van der Waals surface area contributed by atoms with Crippen LogP contribution in [-0.2, 0) is 4.74 Å². The third-order valence-corrected chi connectivity index (χ3v) is 4.41. The molecule has 1 aromatic carbocycles. The number of hydrogen-bond acceptors (Lipinski definition) is 4. The molecule has 1 fully saturated rings. The van der Waals surface area contributed by atoms with Crippen LogP contribution >= 0.6 is 0 Å². The summed E-state index contributed by atoms with van der Waals surface area (Å²) in [5, 5.41) is 10.6. The van der Waals surface area contributed by atoms with Gasteiger partial charge in [0.1, 0.15) is 5.60 Å². The number of benzene rings is 1. The lowest BCUT2D eigenvalue weighted by molar-refractivity contribution is 0.0240. The average molecular weight is 348 g/mol. The molecule has 5 heteroatoms. The fourth-order valence-corrected chi connectivity index (χ4v) is 3.01. The second-order valence-corrected chi connectivity index (χ2v) is 8.21. The van der Waals surface area contributed by atoms with Gasteiger partial charge in [0.2, 0.25) is 0 Å². The van der Waals surface area contributed by atoms with Gasteiger partial charge in [0, 0.05) is 37.4 Å². The summed E-state index contributed by atoms with van der Waals surface area (Å²) < 4.78 is 5.46. The quantitative estimate of drug-likeness (QED) is 0.904. The fourth-order valence-electron chi connectivity index (χ4n) is 3.01. The standard InChI is InChI=1S/C20H32N2O3/c1-14(2)18(23)16-13-15(3)7-8-17(16)21-9-11-22(12-10-21)19(24)25-20(4,5)6/h7-8,13-14,18,23H,9-12H2,1-6H3. The molecule has 1 amide bonds. The summed E-state index contributed by atoms with van der Waals surface area (Å²) in [6.07, 6.45) is -0.739. The highest BCUT2D eigenvalue weighted by Crippen LogP contribution is 2.32. The molecular weight excluding hydrogens is 316 g/mol. The Labute approximate surface area is 151 Å². The van der Waals surface area contributed by atoms with Crippen LogP contribution in [0.5, 0.6) is 0 Å². The maximum absolute atomic E-state index is 12.2. The van der Waals surface area contributed by atoms with Crippen LogP contribution in [0.3, 0.4) is 0 Å². The normalized spacial score (nSPS) is 17.0. The van der Waals surface area contributed by atoms with Crippen molar-refractivity contribution in [1.82, 2.24) is 4.90 Å². The van der Waals surface area contributed by atoms with E-state index in [4.69, 9.17) is 4.74 Å². The minimum absolute atomic E-state index is 0.156. The summed E-state index contributed by atoms with van der Waals surface area (Å²) in [6.45, 7) is 14.5. The van der Waals surface area contributed by atoms with Crippen molar-refractivity contribution in [2.75, 3.05) is 31.1 Å². The zero-order valence-corrected chi connectivity index (χ0v) is 16.4. The molecule has 140 valence electrons. The van der Waals surface area contributed by atoms with Crippen molar-refractivity contribution in [2.24, 2.45) is 5.92 Å². The number of aliphatic hydroxyl groups is 1. The Hall–Kier alpha value is -1.75. The molecule has 0 radical (unpaired) electrons. The first-order chi connectivity index (χ1) is 11.6. The lowest BCUT2D eigenvalue weighted by Crippen LogP contribution is -2.50. The van der Waals surface area contributed by atoms with Crippen LogP contribution in [0.2, 0.25) is 0 Å². The number of nitrogens with zero attached hydrogens (tertiary/aromatic N) is 2. The molecule has 0 saturated carbocycles. The van der Waals surface area contributed by atoms with Gasteiger partial charge in [0.15, 0.2) is 0 Å². The van der Waals surface area contributed by atoms with Gasteiger partial charge in [-0.25, -0.2) is 4.79 Å². The third kappa shape index (κ3) is 5.11. The van der Waals surface area contributed by atoms with Crippen LogP contribution in [0.1, 0.15) is 51.8 Å². The SMILES string of the molecule is Cc1ccc(N2CCN(C(=O)OC(C)(C)C)CC2)c(C(O)C(C)C)c1. The Morgan fingerprint density at radius 2 is 1.76 bits per heavy atom. The highest BCUT2D eigenvalue weighted by Gasteiger charge is 2.27. The van der Waals surface area contributed by atoms with E-state index in [0.29, 0.717) is 13.1 Å². The van der Waals surface area contributed by atoms with Crippen molar-refractivity contribution in [2.45, 2.75) is 53.2 Å². The van der Waals surface area contributed by atoms with Gasteiger partial charge in [-0.3, -0.25) is 0 Å². The maximum atomic E-state index is 12.2. The van der Waals surface area contributed by atoms with E-state index in [1.165, 1.54) is 0 Å². The van der Waals surface area contributed by atoms with Gasteiger partial charge >= 0.3 is 6.09 Å². The first-order valence-corrected chi connectivity index (χ1v) is 9.10. The molecule has 1 heterocycles. The second kappa shape index (κ2) is 7.65. The van der Waals surface area contributed by atoms with Crippen LogP contribution in [-0.4, -0.2) is 47.9 Å². The van der Waals surface area contributed by atoms with E-state index in [0.717, 1.165) is 29.9 Å². The number of aliphatic hydroxyl groups excluding tert-OH is 1. The first-order valence-electron chi connectivity index (χ1n) is 9.10. The van der Waals surface area contributed by atoms with Crippen molar-refractivity contribution in [3.63, 3.8) is 0 Å². The number of rotatable bonds is 3. The summed E-state index contributed by atoms with van der Waals surface area (Å²) in [5.74, 6) is 0.156. The van der Waals surface area contributed by atoms with Crippen molar-refractivity contribution in [1.29, 1.82) is 0 Å². The molecule has 1 unspecified atom stereocenters. The smallest absolute Gasteiger partial charge is 0.410 e. The van der Waals surface area contributed by atoms with Crippen molar-refractivity contribution < 1.29 is 14.6 Å². The zero-order chi connectivity index (χ0) is 18.8. The Morgan fingerprint density at radius 3 is 2.28 bits per heavy atom. The molecule has 1 aromatic rings. The van der Waals surface area contributed by atoms with Crippen molar-refractivity contribution in [3.05, 3.63) is 29.3 Å². The van der Waals surface area contributed by atoms with E-state index >= 15 is 0 Å². The van der Waals surface area contributed by atoms with E-state index in [9.17, 15) is 9.90 Å². The summed E-state index contributed by atoms with van der Waals surface area (Å²) >= 11 is 0. The average Bonchev–Trinajstić information content (AvgIpc) is 2.52. The van der Waals surface area contributed by atoms with Gasteiger partial charge in [0.25, 0.3) is 0 Å². The van der Waals surface area contributed by atoms with Crippen molar-refractivity contribution >= 4 is 11.8 Å². The lowest BCUT2D eigenvalue weighted by atomic mass is 9.95. The monoisotopic (exact) mass is 348 g/mol. The summed E-state index contributed by atoms with van der Waals surface area (Å²) in [4.78, 5) is 16.2. The molecular formula is C20H32N2O3. The molecule has 1 aliphatic heterocycles. The molecule has 0 aromatic heterocycles. The largest absolute Gasteiger partial charge is 0.444 e. The third-order valence-electron chi connectivity index (χ3n) is 4.41. The zero-order valence-electron chi connectivity index (χ0n) is 16.4. The predicted molar refractivity (Wildman–Crippen MR) is 101 cm³/mol. The number of carbonyl (C=O) groups excluding carboxylic acids is 1. The summed E-state index contributed by atoms with van der Waals surface area (Å²) in [7, 11) is 0. The number of hydrogen-bond donors (Lipinski definition) is 1. The number of piperazine rings is 1. The Kier molecular flexibility index (Phi) is 5.99. The number of ether oxygens (including phenoxy) is 1. The predicted octanol–water partition coefficient (Wildman–Crippen LogP) is 3.74. The number of aryl methyl sites for hydroxylation is 1. The van der Waals surface area contributed by atoms with E-state index < -0.39 is 11.7 Å². The summed E-state index contributed by atoms with van der Waals surface area (Å²) in [5.41, 5.74) is 2.71. The molecule has 5 nitrogen and oxygen atoms in total. The molecule has 1 N–H and O–H groups in total. The Bertz CT molecular complexity index is 599. The molecule has 0 bridgehead atoms. The van der Waals surface area contributed by atoms with Gasteiger partial charge in [-0.1, -0.05) is 31.5 Å². The number of anilines is 1.